The third kappa shape index (κ3) is 3.28. The summed E-state index contributed by atoms with van der Waals surface area (Å²) in [5, 5.41) is 0. The first kappa shape index (κ1) is 12.1. The van der Waals surface area contributed by atoms with E-state index in [0.717, 1.165) is 6.54 Å². The van der Waals surface area contributed by atoms with Gasteiger partial charge in [0.1, 0.15) is 6.61 Å². The van der Waals surface area contributed by atoms with E-state index in [1.54, 1.807) is 12.4 Å². The fourth-order valence-corrected chi connectivity index (χ4v) is 2.02. The minimum absolute atomic E-state index is 0.472. The fourth-order valence-electron chi connectivity index (χ4n) is 2.02. The van der Waals surface area contributed by atoms with Crippen LogP contribution in [0.15, 0.2) is 12.4 Å². The topological polar surface area (TPSA) is 76.3 Å². The van der Waals surface area contributed by atoms with E-state index in [1.807, 2.05) is 0 Å². The second kappa shape index (κ2) is 5.79. The molecule has 1 fully saturated rings. The average molecular weight is 237 g/mol. The molecule has 17 heavy (non-hydrogen) atoms. The summed E-state index contributed by atoms with van der Waals surface area (Å²) in [6, 6.07) is 0.472. The molecular weight excluding hydrogens is 218 g/mol. The van der Waals surface area contributed by atoms with Crippen LogP contribution in [0.4, 0.5) is 5.82 Å². The molecule has 1 aliphatic heterocycles. The van der Waals surface area contributed by atoms with Crippen molar-refractivity contribution in [3.05, 3.63) is 12.4 Å². The largest absolute Gasteiger partial charge is 0.475 e. The van der Waals surface area contributed by atoms with Crippen LogP contribution in [0, 0.1) is 0 Å². The fraction of sp³-hybridized carbons (Fsp3) is 0.636. The molecule has 1 unspecified atom stereocenters. The van der Waals surface area contributed by atoms with E-state index >= 15 is 0 Å². The van der Waals surface area contributed by atoms with Crippen LogP contribution in [-0.2, 0) is 0 Å². The molecule has 0 aliphatic carbocycles. The number of nitrogens with two attached hydrogens (primary N) is 1. The van der Waals surface area contributed by atoms with Crippen molar-refractivity contribution in [3.63, 3.8) is 0 Å². The Hall–Kier alpha value is -1.40. The second-order valence-corrected chi connectivity index (χ2v) is 4.33. The van der Waals surface area contributed by atoms with Crippen LogP contribution in [0.2, 0.25) is 0 Å². The number of nitrogens with zero attached hydrogens (tertiary/aromatic N) is 3. The zero-order valence-electron chi connectivity index (χ0n) is 10.1. The van der Waals surface area contributed by atoms with Gasteiger partial charge >= 0.3 is 0 Å². The maximum Gasteiger partial charge on any atom is 0.234 e. The lowest BCUT2D eigenvalue weighted by Gasteiger charge is -2.31. The monoisotopic (exact) mass is 237 g/mol. The molecular formula is C11H19N5O. The van der Waals surface area contributed by atoms with Gasteiger partial charge in [-0.3, -0.25) is 4.98 Å². The van der Waals surface area contributed by atoms with E-state index < -0.39 is 0 Å². The molecule has 1 aliphatic rings. The summed E-state index contributed by atoms with van der Waals surface area (Å²) in [4.78, 5) is 10.5. The van der Waals surface area contributed by atoms with E-state index in [4.69, 9.17) is 10.6 Å². The maximum atomic E-state index is 5.65. The highest BCUT2D eigenvalue weighted by Gasteiger charge is 2.19. The van der Waals surface area contributed by atoms with E-state index in [0.29, 0.717) is 24.3 Å². The van der Waals surface area contributed by atoms with Gasteiger partial charge in [-0.25, -0.2) is 5.84 Å². The van der Waals surface area contributed by atoms with E-state index in [1.165, 1.54) is 19.3 Å². The summed E-state index contributed by atoms with van der Waals surface area (Å²) in [6.07, 6.45) is 6.88. The number of anilines is 1. The van der Waals surface area contributed by atoms with Crippen LogP contribution in [0.5, 0.6) is 5.88 Å². The SMILES string of the molecule is CN1CCCCC1COc1cncc(NN)n1. The van der Waals surface area contributed by atoms with E-state index in [2.05, 4.69) is 27.3 Å². The maximum absolute atomic E-state index is 5.65. The zero-order chi connectivity index (χ0) is 12.1. The van der Waals surface area contributed by atoms with Gasteiger partial charge in [0.05, 0.1) is 12.4 Å². The molecule has 0 spiro atoms. The predicted octanol–water partition coefficient (Wildman–Crippen LogP) is 0.625. The van der Waals surface area contributed by atoms with Crippen molar-refractivity contribution in [3.8, 4) is 5.88 Å². The smallest absolute Gasteiger partial charge is 0.234 e. The lowest BCUT2D eigenvalue weighted by atomic mass is 10.0. The third-order valence-corrected chi connectivity index (χ3v) is 3.11. The van der Waals surface area contributed by atoms with Gasteiger partial charge in [-0.05, 0) is 26.4 Å². The summed E-state index contributed by atoms with van der Waals surface area (Å²) < 4.78 is 5.65. The molecule has 0 amide bonds. The summed E-state index contributed by atoms with van der Waals surface area (Å²) in [5.41, 5.74) is 2.45. The first-order valence-electron chi connectivity index (χ1n) is 5.91. The first-order chi connectivity index (χ1) is 8.29. The highest BCUT2D eigenvalue weighted by molar-refractivity contribution is 5.31. The Morgan fingerprint density at radius 2 is 2.41 bits per heavy atom. The molecule has 0 saturated carbocycles. The van der Waals surface area contributed by atoms with E-state index in [-0.39, 0.29) is 0 Å². The number of likely N-dealkylation sites (tertiary alicyclic amines) is 1. The molecule has 1 saturated heterocycles. The van der Waals surface area contributed by atoms with Crippen molar-refractivity contribution >= 4 is 5.82 Å². The molecule has 6 nitrogen and oxygen atoms in total. The molecule has 3 N–H and O–H groups in total. The van der Waals surface area contributed by atoms with Crippen LogP contribution in [-0.4, -0.2) is 41.1 Å². The van der Waals surface area contributed by atoms with Crippen LogP contribution in [0.25, 0.3) is 0 Å². The minimum Gasteiger partial charge on any atom is -0.475 e. The highest BCUT2D eigenvalue weighted by Crippen LogP contribution is 2.16. The lowest BCUT2D eigenvalue weighted by Crippen LogP contribution is -2.40. The molecule has 1 aromatic heterocycles. The quantitative estimate of drug-likeness (QED) is 0.590. The van der Waals surface area contributed by atoms with Crippen molar-refractivity contribution in [2.45, 2.75) is 25.3 Å². The third-order valence-electron chi connectivity index (χ3n) is 3.11. The number of rotatable bonds is 4. The Bertz CT molecular complexity index is 359. The normalized spacial score (nSPS) is 21.2. The number of hydrazine groups is 1. The summed E-state index contributed by atoms with van der Waals surface area (Å²) >= 11 is 0. The number of ether oxygens (including phenoxy) is 1. The van der Waals surface area contributed by atoms with Crippen LogP contribution < -0.4 is 16.0 Å². The number of hydrogen-bond acceptors (Lipinski definition) is 6. The molecule has 0 aromatic carbocycles. The Morgan fingerprint density at radius 3 is 3.18 bits per heavy atom. The van der Waals surface area contributed by atoms with Crippen LogP contribution >= 0.6 is 0 Å². The molecule has 2 rings (SSSR count). The minimum atomic E-state index is 0.472. The van der Waals surface area contributed by atoms with Gasteiger partial charge in [0, 0.05) is 6.04 Å². The Balaban J connectivity index is 1.88. The number of aromatic nitrogens is 2. The van der Waals surface area contributed by atoms with Crippen LogP contribution in [0.1, 0.15) is 19.3 Å². The van der Waals surface area contributed by atoms with Crippen molar-refractivity contribution in [2.75, 3.05) is 25.6 Å². The number of hydrogen-bond donors (Lipinski definition) is 2. The van der Waals surface area contributed by atoms with Gasteiger partial charge in [0.2, 0.25) is 5.88 Å². The molecule has 1 atom stereocenters. The Kier molecular flexibility index (Phi) is 4.11. The zero-order valence-corrected chi connectivity index (χ0v) is 10.1. The van der Waals surface area contributed by atoms with E-state index in [9.17, 15) is 0 Å². The average Bonchev–Trinajstić information content (AvgIpc) is 2.38. The molecule has 1 aromatic rings. The molecule has 0 radical (unpaired) electrons. The Morgan fingerprint density at radius 1 is 1.53 bits per heavy atom. The number of likely N-dealkylation sites (N-methyl/N-ethyl adjacent to an activating group) is 1. The lowest BCUT2D eigenvalue weighted by molar-refractivity contribution is 0.122. The predicted molar refractivity (Wildman–Crippen MR) is 65.6 cm³/mol. The van der Waals surface area contributed by atoms with Gasteiger partial charge in [-0.2, -0.15) is 4.98 Å². The van der Waals surface area contributed by atoms with Gasteiger partial charge < -0.3 is 15.1 Å². The first-order valence-corrected chi connectivity index (χ1v) is 5.91. The summed E-state index contributed by atoms with van der Waals surface area (Å²) in [6.45, 7) is 1.79. The Labute approximate surface area is 101 Å². The van der Waals surface area contributed by atoms with Crippen molar-refractivity contribution in [2.24, 2.45) is 5.84 Å². The number of nitrogens with one attached hydrogen (secondary N) is 1. The standard InChI is InChI=1S/C11H19N5O/c1-16-5-3-2-4-9(16)8-17-11-7-13-6-10(14-11)15-12/h6-7,9H,2-5,8,12H2,1H3,(H,14,15). The highest BCUT2D eigenvalue weighted by atomic mass is 16.5. The van der Waals surface area contributed by atoms with Gasteiger partial charge in [0.15, 0.2) is 5.82 Å². The number of nitrogen functional groups attached to an aromatic ring is 1. The van der Waals surface area contributed by atoms with Gasteiger partial charge in [-0.15, -0.1) is 0 Å². The van der Waals surface area contributed by atoms with Crippen molar-refractivity contribution in [1.82, 2.24) is 14.9 Å². The summed E-state index contributed by atoms with van der Waals surface area (Å²) in [7, 11) is 2.14. The summed E-state index contributed by atoms with van der Waals surface area (Å²) in [5.74, 6) is 6.29. The molecule has 2 heterocycles. The second-order valence-electron chi connectivity index (χ2n) is 4.33. The van der Waals surface area contributed by atoms with Crippen LogP contribution in [0.3, 0.4) is 0 Å². The van der Waals surface area contributed by atoms with Crippen molar-refractivity contribution in [1.29, 1.82) is 0 Å². The van der Waals surface area contributed by atoms with Gasteiger partial charge in [0.25, 0.3) is 0 Å². The number of piperidine rings is 1. The van der Waals surface area contributed by atoms with Crippen molar-refractivity contribution < 1.29 is 4.74 Å². The molecule has 6 heteroatoms. The molecule has 94 valence electrons. The molecule has 0 bridgehead atoms. The van der Waals surface area contributed by atoms with Gasteiger partial charge in [-0.1, -0.05) is 6.42 Å².